The fourth-order valence-corrected chi connectivity index (χ4v) is 1.14. The second-order valence-corrected chi connectivity index (χ2v) is 3.56. The molecule has 0 radical (unpaired) electrons. The van der Waals surface area contributed by atoms with Gasteiger partial charge in [0.25, 0.3) is 0 Å². The molecule has 0 aromatic carbocycles. The molecule has 1 aliphatic rings. The maximum absolute atomic E-state index is 8.74. The van der Waals surface area contributed by atoms with Gasteiger partial charge >= 0.3 is 0 Å². The van der Waals surface area contributed by atoms with Crippen molar-refractivity contribution in [3.05, 3.63) is 17.0 Å². The average Bonchev–Trinajstić information content (AvgIpc) is 2.98. The van der Waals surface area contributed by atoms with Crippen molar-refractivity contribution in [2.75, 3.05) is 6.61 Å². The molecule has 0 atom stereocenters. The van der Waals surface area contributed by atoms with Gasteiger partial charge in [0.05, 0.1) is 12.8 Å². The molecule has 1 aromatic rings. The Hall–Kier alpha value is -1.34. The SMILES string of the molecule is N#Cc1cnc(Cl)nc1OCC1CC1. The molecule has 0 N–H and O–H groups in total. The van der Waals surface area contributed by atoms with Crippen molar-refractivity contribution < 1.29 is 4.74 Å². The zero-order valence-electron chi connectivity index (χ0n) is 7.40. The van der Waals surface area contributed by atoms with Crippen molar-refractivity contribution in [3.8, 4) is 11.9 Å². The van der Waals surface area contributed by atoms with E-state index in [1.54, 1.807) is 0 Å². The molecule has 1 saturated carbocycles. The number of aromatic nitrogens is 2. The first-order chi connectivity index (χ1) is 6.79. The van der Waals surface area contributed by atoms with E-state index in [1.165, 1.54) is 19.0 Å². The first kappa shape index (κ1) is 9.22. The van der Waals surface area contributed by atoms with Gasteiger partial charge in [-0.15, -0.1) is 0 Å². The maximum atomic E-state index is 8.74. The predicted octanol–water partition coefficient (Wildman–Crippen LogP) is 1.79. The summed E-state index contributed by atoms with van der Waals surface area (Å²) in [6.07, 6.45) is 3.76. The molecule has 0 saturated heterocycles. The third-order valence-electron chi connectivity index (χ3n) is 2.00. The molecule has 0 amide bonds. The molecule has 1 aliphatic carbocycles. The molecule has 1 aromatic heterocycles. The topological polar surface area (TPSA) is 58.8 Å². The summed E-state index contributed by atoms with van der Waals surface area (Å²) in [5.74, 6) is 0.912. The van der Waals surface area contributed by atoms with Gasteiger partial charge < -0.3 is 4.74 Å². The largest absolute Gasteiger partial charge is 0.476 e. The highest BCUT2D eigenvalue weighted by atomic mass is 35.5. The number of ether oxygens (including phenoxy) is 1. The molecule has 2 rings (SSSR count). The minimum Gasteiger partial charge on any atom is -0.476 e. The van der Waals surface area contributed by atoms with Crippen LogP contribution in [0.3, 0.4) is 0 Å². The van der Waals surface area contributed by atoms with Crippen molar-refractivity contribution in [2.45, 2.75) is 12.8 Å². The van der Waals surface area contributed by atoms with Crippen LogP contribution < -0.4 is 4.74 Å². The lowest BCUT2D eigenvalue weighted by atomic mass is 10.3. The van der Waals surface area contributed by atoms with Crippen LogP contribution in [0.15, 0.2) is 6.20 Å². The van der Waals surface area contributed by atoms with Crippen LogP contribution >= 0.6 is 11.6 Å². The van der Waals surface area contributed by atoms with Gasteiger partial charge in [-0.25, -0.2) is 4.98 Å². The summed E-state index contributed by atoms with van der Waals surface area (Å²) in [6.45, 7) is 0.613. The third kappa shape index (κ3) is 2.12. The summed E-state index contributed by atoms with van der Waals surface area (Å²) in [4.78, 5) is 7.56. The Balaban J connectivity index is 2.12. The zero-order valence-corrected chi connectivity index (χ0v) is 8.16. The molecule has 1 heterocycles. The van der Waals surface area contributed by atoms with E-state index < -0.39 is 0 Å². The lowest BCUT2D eigenvalue weighted by Gasteiger charge is -2.04. The van der Waals surface area contributed by atoms with Gasteiger partial charge in [0.2, 0.25) is 11.2 Å². The highest BCUT2D eigenvalue weighted by Gasteiger charge is 2.22. The smallest absolute Gasteiger partial charge is 0.236 e. The van der Waals surface area contributed by atoms with E-state index in [0.29, 0.717) is 24.0 Å². The lowest BCUT2D eigenvalue weighted by Crippen LogP contribution is -2.03. The lowest BCUT2D eigenvalue weighted by molar-refractivity contribution is 0.287. The highest BCUT2D eigenvalue weighted by Crippen LogP contribution is 2.29. The van der Waals surface area contributed by atoms with Crippen LogP contribution in [0.5, 0.6) is 5.88 Å². The van der Waals surface area contributed by atoms with Gasteiger partial charge in [0.15, 0.2) is 0 Å². The average molecular weight is 210 g/mol. The Morgan fingerprint density at radius 1 is 1.64 bits per heavy atom. The number of halogens is 1. The quantitative estimate of drug-likeness (QED) is 0.713. The van der Waals surface area contributed by atoms with Crippen LogP contribution in [0.25, 0.3) is 0 Å². The first-order valence-corrected chi connectivity index (χ1v) is 4.73. The summed E-state index contributed by atoms with van der Waals surface area (Å²) < 4.78 is 5.37. The van der Waals surface area contributed by atoms with E-state index in [1.807, 2.05) is 6.07 Å². The fourth-order valence-electron chi connectivity index (χ4n) is 1.01. The van der Waals surface area contributed by atoms with Gasteiger partial charge in [0, 0.05) is 0 Å². The van der Waals surface area contributed by atoms with E-state index >= 15 is 0 Å². The molecule has 1 fully saturated rings. The summed E-state index contributed by atoms with van der Waals surface area (Å²) in [5.41, 5.74) is 0.329. The molecule has 0 unspecified atom stereocenters. The van der Waals surface area contributed by atoms with E-state index in [9.17, 15) is 0 Å². The van der Waals surface area contributed by atoms with Gasteiger partial charge in [-0.1, -0.05) is 0 Å². The monoisotopic (exact) mass is 209 g/mol. The first-order valence-electron chi connectivity index (χ1n) is 4.35. The van der Waals surface area contributed by atoms with Gasteiger partial charge in [-0.05, 0) is 30.4 Å². The van der Waals surface area contributed by atoms with Gasteiger partial charge in [-0.3, -0.25) is 0 Å². The minimum absolute atomic E-state index is 0.106. The van der Waals surface area contributed by atoms with Crippen molar-refractivity contribution in [2.24, 2.45) is 5.92 Å². The van der Waals surface area contributed by atoms with Crippen LogP contribution in [0.1, 0.15) is 18.4 Å². The maximum Gasteiger partial charge on any atom is 0.236 e. The van der Waals surface area contributed by atoms with E-state index in [0.717, 1.165) is 0 Å². The molecular weight excluding hydrogens is 202 g/mol. The van der Waals surface area contributed by atoms with Crippen molar-refractivity contribution >= 4 is 11.6 Å². The molecule has 14 heavy (non-hydrogen) atoms. The molecule has 0 bridgehead atoms. The normalized spacial score (nSPS) is 14.9. The second kappa shape index (κ2) is 3.81. The number of hydrogen-bond acceptors (Lipinski definition) is 4. The number of hydrogen-bond donors (Lipinski definition) is 0. The Morgan fingerprint density at radius 2 is 2.43 bits per heavy atom. The molecule has 72 valence electrons. The summed E-state index contributed by atoms with van der Waals surface area (Å²) in [5, 5.41) is 8.84. The summed E-state index contributed by atoms with van der Waals surface area (Å²) in [6, 6.07) is 1.96. The molecule has 0 aliphatic heterocycles. The van der Waals surface area contributed by atoms with Crippen molar-refractivity contribution in [3.63, 3.8) is 0 Å². The Morgan fingerprint density at radius 3 is 3.07 bits per heavy atom. The number of nitrogens with zero attached hydrogens (tertiary/aromatic N) is 3. The Labute approximate surface area is 86.5 Å². The number of nitriles is 1. The molecular formula is C9H8ClN3O. The van der Waals surface area contributed by atoms with Crippen LogP contribution in [0, 0.1) is 17.2 Å². The van der Waals surface area contributed by atoms with Crippen LogP contribution in [0.2, 0.25) is 5.28 Å². The predicted molar refractivity (Wildman–Crippen MR) is 50.0 cm³/mol. The number of rotatable bonds is 3. The van der Waals surface area contributed by atoms with Crippen LogP contribution in [0.4, 0.5) is 0 Å². The van der Waals surface area contributed by atoms with Crippen LogP contribution in [-0.2, 0) is 0 Å². The molecule has 4 nitrogen and oxygen atoms in total. The molecule has 0 spiro atoms. The summed E-state index contributed by atoms with van der Waals surface area (Å²) >= 11 is 5.59. The second-order valence-electron chi connectivity index (χ2n) is 3.22. The molecule has 5 heteroatoms. The standard InChI is InChI=1S/C9H8ClN3O/c10-9-12-4-7(3-11)8(13-9)14-5-6-1-2-6/h4,6H,1-2,5H2. The Bertz CT molecular complexity index is 384. The summed E-state index contributed by atoms with van der Waals surface area (Å²) in [7, 11) is 0. The van der Waals surface area contributed by atoms with E-state index in [2.05, 4.69) is 9.97 Å². The Kier molecular flexibility index (Phi) is 2.51. The zero-order chi connectivity index (χ0) is 9.97. The fraction of sp³-hybridized carbons (Fsp3) is 0.444. The van der Waals surface area contributed by atoms with E-state index in [4.69, 9.17) is 21.6 Å². The highest BCUT2D eigenvalue weighted by molar-refractivity contribution is 6.28. The van der Waals surface area contributed by atoms with Crippen molar-refractivity contribution in [1.82, 2.24) is 9.97 Å². The van der Waals surface area contributed by atoms with Crippen LogP contribution in [-0.4, -0.2) is 16.6 Å². The minimum atomic E-state index is 0.106. The van der Waals surface area contributed by atoms with E-state index in [-0.39, 0.29) is 5.28 Å². The van der Waals surface area contributed by atoms with Gasteiger partial charge in [0.1, 0.15) is 11.6 Å². The third-order valence-corrected chi connectivity index (χ3v) is 2.18. The van der Waals surface area contributed by atoms with Crippen molar-refractivity contribution in [1.29, 1.82) is 5.26 Å². The van der Waals surface area contributed by atoms with Gasteiger partial charge in [-0.2, -0.15) is 10.2 Å².